The fourth-order valence-corrected chi connectivity index (χ4v) is 4.85. The van der Waals surface area contributed by atoms with Gasteiger partial charge in [-0.25, -0.2) is 14.2 Å². The van der Waals surface area contributed by atoms with Crippen molar-refractivity contribution in [2.24, 2.45) is 0 Å². The largest absolute Gasteiger partial charge is 0.454 e. The molecule has 8 nitrogen and oxygen atoms in total. The van der Waals surface area contributed by atoms with E-state index in [2.05, 4.69) is 9.88 Å². The number of aryl methyl sites for hydroxylation is 1. The van der Waals surface area contributed by atoms with E-state index in [4.69, 9.17) is 9.15 Å². The molecule has 2 aromatic heterocycles. The Morgan fingerprint density at radius 1 is 1.19 bits per heavy atom. The first-order valence-corrected chi connectivity index (χ1v) is 11.9. The standard InChI is InChI=1S/C27H29FN4O4/c1-16-13-17-23(25-21(16)22-18(28)7-6-8-20(22)35-25)29-14-19(30(5)15-33)24(17)31-9-11-32(12-10-31)26(34)36-27(2,3)4/h6-8,13-15H,9-12H2,1-5H3. The summed E-state index contributed by atoms with van der Waals surface area (Å²) in [5, 5.41) is 1.94. The lowest BCUT2D eigenvalue weighted by molar-refractivity contribution is -0.107. The van der Waals surface area contributed by atoms with Gasteiger partial charge in [-0.1, -0.05) is 6.07 Å². The number of fused-ring (bicyclic) bond motifs is 5. The van der Waals surface area contributed by atoms with Gasteiger partial charge in [-0.3, -0.25) is 4.79 Å². The molecule has 5 rings (SSSR count). The quantitative estimate of drug-likeness (QED) is 0.365. The molecule has 0 N–H and O–H groups in total. The van der Waals surface area contributed by atoms with Crippen LogP contribution in [0.2, 0.25) is 0 Å². The topological polar surface area (TPSA) is 79.1 Å². The monoisotopic (exact) mass is 492 g/mol. The molecule has 0 atom stereocenters. The molecule has 4 aromatic rings. The summed E-state index contributed by atoms with van der Waals surface area (Å²) in [6.07, 6.45) is 2.05. The minimum atomic E-state index is -0.565. The maximum absolute atomic E-state index is 14.7. The molecule has 0 aliphatic carbocycles. The summed E-state index contributed by atoms with van der Waals surface area (Å²) >= 11 is 0. The Labute approximate surface area is 208 Å². The van der Waals surface area contributed by atoms with Crippen molar-refractivity contribution in [2.75, 3.05) is 43.0 Å². The number of carbonyl (C=O) groups excluding carboxylic acids is 2. The third-order valence-electron chi connectivity index (χ3n) is 6.49. The lowest BCUT2D eigenvalue weighted by Crippen LogP contribution is -2.50. The number of nitrogens with zero attached hydrogens (tertiary/aromatic N) is 4. The maximum atomic E-state index is 14.7. The number of furan rings is 1. The van der Waals surface area contributed by atoms with E-state index < -0.39 is 5.60 Å². The van der Waals surface area contributed by atoms with Crippen molar-refractivity contribution in [3.8, 4) is 0 Å². The number of amides is 2. The molecule has 1 saturated heterocycles. The van der Waals surface area contributed by atoms with Gasteiger partial charge in [0.2, 0.25) is 6.41 Å². The fraction of sp³-hybridized carbons (Fsp3) is 0.370. The lowest BCUT2D eigenvalue weighted by atomic mass is 10.0. The lowest BCUT2D eigenvalue weighted by Gasteiger charge is -2.38. The van der Waals surface area contributed by atoms with Crippen molar-refractivity contribution < 1.29 is 23.1 Å². The van der Waals surface area contributed by atoms with Crippen LogP contribution in [-0.4, -0.2) is 61.2 Å². The number of benzene rings is 2. The van der Waals surface area contributed by atoms with E-state index in [9.17, 15) is 14.0 Å². The molecule has 0 spiro atoms. The Kier molecular flexibility index (Phi) is 5.73. The highest BCUT2D eigenvalue weighted by Gasteiger charge is 2.29. The molecule has 188 valence electrons. The van der Waals surface area contributed by atoms with Gasteiger partial charge in [0.25, 0.3) is 0 Å². The van der Waals surface area contributed by atoms with Gasteiger partial charge < -0.3 is 23.9 Å². The van der Waals surface area contributed by atoms with E-state index in [0.29, 0.717) is 59.3 Å². The van der Waals surface area contributed by atoms with Crippen molar-refractivity contribution >= 4 is 56.7 Å². The Bertz CT molecular complexity index is 1500. The van der Waals surface area contributed by atoms with Crippen LogP contribution in [-0.2, 0) is 9.53 Å². The van der Waals surface area contributed by atoms with Gasteiger partial charge in [-0.15, -0.1) is 0 Å². The number of rotatable bonds is 3. The number of carbonyl (C=O) groups is 2. The van der Waals surface area contributed by atoms with E-state index in [1.165, 1.54) is 11.0 Å². The second-order valence-corrected chi connectivity index (χ2v) is 10.2. The first kappa shape index (κ1) is 23.8. The van der Waals surface area contributed by atoms with Crippen LogP contribution >= 0.6 is 0 Å². The van der Waals surface area contributed by atoms with E-state index in [1.807, 2.05) is 33.8 Å². The Morgan fingerprint density at radius 2 is 1.92 bits per heavy atom. The number of piperazine rings is 1. The summed E-state index contributed by atoms with van der Waals surface area (Å²) < 4.78 is 26.4. The van der Waals surface area contributed by atoms with E-state index in [1.54, 1.807) is 30.3 Å². The zero-order chi connectivity index (χ0) is 25.8. The highest BCUT2D eigenvalue weighted by Crippen LogP contribution is 2.42. The smallest absolute Gasteiger partial charge is 0.410 e. The average molecular weight is 493 g/mol. The first-order chi connectivity index (χ1) is 17.1. The van der Waals surface area contributed by atoms with Crippen LogP contribution in [0, 0.1) is 12.7 Å². The van der Waals surface area contributed by atoms with Crippen molar-refractivity contribution in [1.82, 2.24) is 9.88 Å². The number of halogens is 1. The zero-order valence-electron chi connectivity index (χ0n) is 21.1. The second kappa shape index (κ2) is 8.65. The molecule has 0 unspecified atom stereocenters. The third-order valence-corrected chi connectivity index (χ3v) is 6.49. The molecule has 3 heterocycles. The van der Waals surface area contributed by atoms with Crippen LogP contribution < -0.4 is 9.80 Å². The van der Waals surface area contributed by atoms with Gasteiger partial charge in [0, 0.05) is 44.0 Å². The molecular formula is C27H29FN4O4. The van der Waals surface area contributed by atoms with E-state index in [0.717, 1.165) is 23.0 Å². The van der Waals surface area contributed by atoms with E-state index in [-0.39, 0.29) is 11.9 Å². The fourth-order valence-electron chi connectivity index (χ4n) is 4.85. The highest BCUT2D eigenvalue weighted by molar-refractivity contribution is 6.18. The predicted octanol–water partition coefficient (Wildman–Crippen LogP) is 5.23. The maximum Gasteiger partial charge on any atom is 0.410 e. The SMILES string of the molecule is Cc1cc2c(N3CCN(C(=O)OC(C)(C)C)CC3)c(N(C)C=O)cnc2c2oc3cccc(F)c3c12. The molecule has 1 aliphatic heterocycles. The van der Waals surface area contributed by atoms with Gasteiger partial charge in [-0.05, 0) is 51.5 Å². The normalized spacial score (nSPS) is 14.6. The molecule has 2 amide bonds. The van der Waals surface area contributed by atoms with Crippen LogP contribution in [0.4, 0.5) is 20.6 Å². The summed E-state index contributed by atoms with van der Waals surface area (Å²) in [7, 11) is 1.68. The van der Waals surface area contributed by atoms with Crippen molar-refractivity contribution in [1.29, 1.82) is 0 Å². The van der Waals surface area contributed by atoms with Crippen molar-refractivity contribution in [3.63, 3.8) is 0 Å². The van der Waals surface area contributed by atoms with Crippen LogP contribution in [0.15, 0.2) is 34.9 Å². The third kappa shape index (κ3) is 3.98. The van der Waals surface area contributed by atoms with Gasteiger partial charge in [-0.2, -0.15) is 0 Å². The minimum Gasteiger partial charge on any atom is -0.454 e. The Morgan fingerprint density at radius 3 is 2.58 bits per heavy atom. The summed E-state index contributed by atoms with van der Waals surface area (Å²) in [6, 6.07) is 6.77. The summed E-state index contributed by atoms with van der Waals surface area (Å²) in [5.74, 6) is -0.343. The molecule has 0 radical (unpaired) electrons. The summed E-state index contributed by atoms with van der Waals surface area (Å²) in [5.41, 5.74) is 3.32. The molecule has 2 aromatic carbocycles. The molecule has 0 saturated carbocycles. The molecular weight excluding hydrogens is 463 g/mol. The van der Waals surface area contributed by atoms with E-state index >= 15 is 0 Å². The number of hydrogen-bond donors (Lipinski definition) is 0. The predicted molar refractivity (Wildman–Crippen MR) is 138 cm³/mol. The van der Waals surface area contributed by atoms with Gasteiger partial charge >= 0.3 is 6.09 Å². The van der Waals surface area contributed by atoms with Crippen molar-refractivity contribution in [2.45, 2.75) is 33.3 Å². The second-order valence-electron chi connectivity index (χ2n) is 10.2. The molecule has 1 aliphatic rings. The van der Waals surface area contributed by atoms with Crippen LogP contribution in [0.1, 0.15) is 26.3 Å². The molecule has 1 fully saturated rings. The van der Waals surface area contributed by atoms with Gasteiger partial charge in [0.05, 0.1) is 23.0 Å². The number of pyridine rings is 1. The molecule has 9 heteroatoms. The first-order valence-electron chi connectivity index (χ1n) is 11.9. The van der Waals surface area contributed by atoms with Gasteiger partial charge in [0.1, 0.15) is 22.5 Å². The highest BCUT2D eigenvalue weighted by atomic mass is 19.1. The van der Waals surface area contributed by atoms with Crippen LogP contribution in [0.25, 0.3) is 32.8 Å². The average Bonchev–Trinajstić information content (AvgIpc) is 3.24. The van der Waals surface area contributed by atoms with Crippen LogP contribution in [0.5, 0.6) is 0 Å². The number of hydrogen-bond acceptors (Lipinski definition) is 6. The number of aromatic nitrogens is 1. The molecule has 0 bridgehead atoms. The molecule has 36 heavy (non-hydrogen) atoms. The summed E-state index contributed by atoms with van der Waals surface area (Å²) in [6.45, 7) is 9.49. The summed E-state index contributed by atoms with van der Waals surface area (Å²) in [4.78, 5) is 34.3. The minimum absolute atomic E-state index is 0.339. The zero-order valence-corrected chi connectivity index (χ0v) is 21.1. The number of anilines is 2. The number of ether oxygens (including phenoxy) is 1. The Balaban J connectivity index is 1.63. The Hall–Kier alpha value is -3.88. The van der Waals surface area contributed by atoms with Crippen molar-refractivity contribution in [3.05, 3.63) is 41.8 Å². The van der Waals surface area contributed by atoms with Crippen LogP contribution in [0.3, 0.4) is 0 Å². The van der Waals surface area contributed by atoms with Gasteiger partial charge in [0.15, 0.2) is 5.58 Å².